The van der Waals surface area contributed by atoms with Gasteiger partial charge < -0.3 is 23.7 Å². The maximum atomic E-state index is 14.1. The fourth-order valence-corrected chi connectivity index (χ4v) is 8.94. The molecule has 0 aromatic heterocycles. The summed E-state index contributed by atoms with van der Waals surface area (Å²) in [4.78, 5) is 0. The third-order valence-electron chi connectivity index (χ3n) is 6.17. The molecule has 2 aromatic carbocycles. The summed E-state index contributed by atoms with van der Waals surface area (Å²) < 4.78 is 78.2. The minimum atomic E-state index is -4.56. The lowest BCUT2D eigenvalue weighted by molar-refractivity contribution is -0.290. The highest BCUT2D eigenvalue weighted by Crippen LogP contribution is 2.48. The lowest BCUT2D eigenvalue weighted by atomic mass is 9.98. The Morgan fingerprint density at radius 1 is 0.917 bits per heavy atom. The van der Waals surface area contributed by atoms with Crippen molar-refractivity contribution in [3.05, 3.63) is 60.7 Å². The molecule has 1 N–H and O–H groups in total. The maximum absolute atomic E-state index is 14.1. The van der Waals surface area contributed by atoms with Crippen molar-refractivity contribution < 1.29 is 40.9 Å². The first-order chi connectivity index (χ1) is 16.8. The molecule has 3 saturated heterocycles. The molecule has 0 radical (unpaired) electrons. The van der Waals surface area contributed by atoms with Crippen LogP contribution in [0.1, 0.15) is 27.7 Å². The Hall–Kier alpha value is -1.66. The summed E-state index contributed by atoms with van der Waals surface area (Å²) in [5, 5.41) is 0.632. The van der Waals surface area contributed by atoms with Gasteiger partial charge in [-0.05, 0) is 52.0 Å². The molecule has 0 spiro atoms. The van der Waals surface area contributed by atoms with Gasteiger partial charge in [0, 0.05) is 10.6 Å². The zero-order valence-electron chi connectivity index (χ0n) is 20.4. The summed E-state index contributed by atoms with van der Waals surface area (Å²) in [6.45, 7) is 6.49. The average molecular weight is 540 g/mol. The second-order valence-electron chi connectivity index (χ2n) is 9.89. The van der Waals surface area contributed by atoms with E-state index < -0.39 is 59.9 Å². The number of nitrogens with one attached hydrogen (secondary N) is 1. The molecule has 3 heterocycles. The van der Waals surface area contributed by atoms with Gasteiger partial charge in [-0.3, -0.25) is 8.75 Å². The molecule has 4 atom stereocenters. The predicted molar refractivity (Wildman–Crippen MR) is 130 cm³/mol. The molecule has 2 aromatic rings. The van der Waals surface area contributed by atoms with Gasteiger partial charge in [0.25, 0.3) is 0 Å². The van der Waals surface area contributed by atoms with E-state index in [-0.39, 0.29) is 6.61 Å². The number of hydrogen-bond donors (Lipinski definition) is 1. The van der Waals surface area contributed by atoms with Crippen LogP contribution in [-0.4, -0.2) is 57.3 Å². The molecule has 3 aliphatic heterocycles. The lowest BCUT2D eigenvalue weighted by Gasteiger charge is -2.40. The summed E-state index contributed by atoms with van der Waals surface area (Å²) in [6.07, 6.45) is -1.80. The van der Waals surface area contributed by atoms with E-state index in [9.17, 15) is 13.0 Å². The van der Waals surface area contributed by atoms with Crippen molar-refractivity contribution in [1.82, 2.24) is 4.49 Å². The van der Waals surface area contributed by atoms with Crippen LogP contribution in [0, 0.1) is 0 Å². The van der Waals surface area contributed by atoms with Crippen molar-refractivity contribution in [2.75, 3.05) is 13.2 Å². The third kappa shape index (κ3) is 4.92. The van der Waals surface area contributed by atoms with Gasteiger partial charge in [0.05, 0.1) is 6.61 Å². The third-order valence-corrected chi connectivity index (χ3v) is 10.6. The molecular weight excluding hydrogens is 509 g/mol. The van der Waals surface area contributed by atoms with Gasteiger partial charge in [0.2, 0.25) is 13.1 Å². The Morgan fingerprint density at radius 3 is 2.08 bits per heavy atom. The first-order valence-corrected chi connectivity index (χ1v) is 14.7. The summed E-state index contributed by atoms with van der Waals surface area (Å²) in [5.41, 5.74) is 0. The molecule has 0 amide bonds. The zero-order chi connectivity index (χ0) is 25.8. The molecule has 5 rings (SSSR count). The molecule has 3 aliphatic rings. The fourth-order valence-electron chi connectivity index (χ4n) is 4.82. The minimum absolute atomic E-state index is 0.0907. The molecule has 1 unspecified atom stereocenters. The van der Waals surface area contributed by atoms with E-state index in [2.05, 4.69) is 4.49 Å². The van der Waals surface area contributed by atoms with Crippen LogP contribution in [0.4, 0.5) is 0 Å². The molecule has 0 saturated carbocycles. The topological polar surface area (TPSA) is 119 Å². The van der Waals surface area contributed by atoms with Crippen LogP contribution in [0.25, 0.3) is 0 Å². The van der Waals surface area contributed by atoms with Gasteiger partial charge in [-0.15, -0.1) is 4.49 Å². The van der Waals surface area contributed by atoms with E-state index >= 15 is 0 Å². The van der Waals surface area contributed by atoms with Gasteiger partial charge in [-0.25, -0.2) is 0 Å². The van der Waals surface area contributed by atoms with Crippen molar-refractivity contribution >= 4 is 28.2 Å². The monoisotopic (exact) mass is 539 g/mol. The van der Waals surface area contributed by atoms with Crippen LogP contribution in [0.5, 0.6) is 0 Å². The number of fused-ring (bicyclic) bond motifs is 3. The van der Waals surface area contributed by atoms with Gasteiger partial charge >= 0.3 is 10.3 Å². The zero-order valence-corrected chi connectivity index (χ0v) is 22.2. The summed E-state index contributed by atoms with van der Waals surface area (Å²) in [5.74, 6) is -3.54. The maximum Gasteiger partial charge on any atom is 0.342 e. The van der Waals surface area contributed by atoms with E-state index in [1.807, 2.05) is 0 Å². The molecule has 0 bridgehead atoms. The Bertz CT molecular complexity index is 1210. The molecule has 12 heteroatoms. The van der Waals surface area contributed by atoms with E-state index in [0.29, 0.717) is 10.6 Å². The highest BCUT2D eigenvalue weighted by Gasteiger charge is 2.66. The Morgan fingerprint density at radius 2 is 1.50 bits per heavy atom. The van der Waals surface area contributed by atoms with Crippen LogP contribution >= 0.6 is 7.29 Å². The van der Waals surface area contributed by atoms with Crippen molar-refractivity contribution in [2.24, 2.45) is 0 Å². The van der Waals surface area contributed by atoms with Crippen LogP contribution < -0.4 is 15.1 Å². The normalized spacial score (nSPS) is 31.1. The van der Waals surface area contributed by atoms with Crippen LogP contribution in [0.2, 0.25) is 0 Å². The molecule has 36 heavy (non-hydrogen) atoms. The van der Waals surface area contributed by atoms with Gasteiger partial charge in [-0.1, -0.05) is 36.4 Å². The SMILES string of the molecule is CC1(C)O[C@@H]2[C@@H](COC3(COS(=O)(=O)NP(=O)(c4ccccc4)c4ccccc4)OC(C)(C)O[C@@H]23)O1. The van der Waals surface area contributed by atoms with Gasteiger partial charge in [-0.2, -0.15) is 8.42 Å². The lowest BCUT2D eigenvalue weighted by Crippen LogP contribution is -2.60. The second-order valence-corrected chi connectivity index (χ2v) is 14.0. The number of hydrogen-bond acceptors (Lipinski definition) is 9. The molecule has 196 valence electrons. The fraction of sp³-hybridized carbons (Fsp3) is 0.500. The standard InChI is InChI=1S/C24H30NO9PS/c1-22(2)31-19-15-29-24(21(20(19)32-22)33-23(3,4)34-24)16-30-36(27,28)25-35(26,17-11-7-5-8-12-17)18-13-9-6-10-14-18/h5-14,19-21H,15-16H2,1-4H3,(H,25,26)/t19-,20-,21+,24?/m1/s1. The second kappa shape index (κ2) is 8.97. The largest absolute Gasteiger partial charge is 0.343 e. The molecule has 10 nitrogen and oxygen atoms in total. The minimum Gasteiger partial charge on any atom is -0.343 e. The van der Waals surface area contributed by atoms with Crippen molar-refractivity contribution in [3.63, 3.8) is 0 Å². The highest BCUT2D eigenvalue weighted by molar-refractivity contribution is 7.96. The van der Waals surface area contributed by atoms with E-state index in [0.717, 1.165) is 0 Å². The number of rotatable bonds is 7. The first kappa shape index (κ1) is 26.0. The van der Waals surface area contributed by atoms with Crippen molar-refractivity contribution in [1.29, 1.82) is 0 Å². The van der Waals surface area contributed by atoms with Crippen LogP contribution in [0.3, 0.4) is 0 Å². The molecule has 3 fully saturated rings. The number of ether oxygens (including phenoxy) is 5. The van der Waals surface area contributed by atoms with Gasteiger partial charge in [0.15, 0.2) is 11.6 Å². The van der Waals surface area contributed by atoms with Crippen molar-refractivity contribution in [2.45, 2.75) is 63.4 Å². The van der Waals surface area contributed by atoms with Crippen LogP contribution in [-0.2, 0) is 42.7 Å². The quantitative estimate of drug-likeness (QED) is 0.528. The summed E-state index contributed by atoms with van der Waals surface area (Å²) >= 11 is 0. The smallest absolute Gasteiger partial charge is 0.342 e. The van der Waals surface area contributed by atoms with Crippen LogP contribution in [0.15, 0.2) is 60.7 Å². The van der Waals surface area contributed by atoms with E-state index in [1.165, 1.54) is 0 Å². The summed E-state index contributed by atoms with van der Waals surface area (Å²) in [7, 11) is -8.39. The van der Waals surface area contributed by atoms with Gasteiger partial charge in [0.1, 0.15) is 24.9 Å². The summed E-state index contributed by atoms with van der Waals surface area (Å²) in [6, 6.07) is 16.7. The molecular formula is C24H30NO9PS. The Balaban J connectivity index is 1.40. The number of benzene rings is 2. The molecule has 0 aliphatic carbocycles. The van der Waals surface area contributed by atoms with E-state index in [4.69, 9.17) is 27.9 Å². The first-order valence-electron chi connectivity index (χ1n) is 11.6. The van der Waals surface area contributed by atoms with Crippen molar-refractivity contribution in [3.8, 4) is 0 Å². The van der Waals surface area contributed by atoms with E-state index in [1.54, 1.807) is 88.4 Å². The highest BCUT2D eigenvalue weighted by atomic mass is 32.2. The predicted octanol–water partition coefficient (Wildman–Crippen LogP) is 2.16. The Labute approximate surface area is 210 Å². The average Bonchev–Trinajstić information content (AvgIpc) is 3.30. The Kier molecular flexibility index (Phi) is 6.47.